The summed E-state index contributed by atoms with van der Waals surface area (Å²) >= 11 is 0. The Kier molecular flexibility index (Phi) is 5.93. The van der Waals surface area contributed by atoms with Crippen molar-refractivity contribution >= 4 is 0 Å². The Morgan fingerprint density at radius 2 is 2.00 bits per heavy atom. The maximum atomic E-state index is 12.4. The summed E-state index contributed by atoms with van der Waals surface area (Å²) in [6, 6.07) is 2.38. The van der Waals surface area contributed by atoms with Gasteiger partial charge in [0.05, 0.1) is 5.69 Å². The van der Waals surface area contributed by atoms with E-state index in [1.807, 2.05) is 6.07 Å². The monoisotopic (exact) mass is 279 g/mol. The molecule has 0 fully saturated rings. The van der Waals surface area contributed by atoms with E-state index >= 15 is 0 Å². The highest BCUT2D eigenvalue weighted by molar-refractivity contribution is 5.19. The third-order valence-electron chi connectivity index (χ3n) is 3.51. The molecule has 0 aliphatic carbocycles. The van der Waals surface area contributed by atoms with Gasteiger partial charge in [0.15, 0.2) is 0 Å². The van der Waals surface area contributed by atoms with Crippen LogP contribution in [0.2, 0.25) is 0 Å². The lowest BCUT2D eigenvalue weighted by Crippen LogP contribution is -2.34. The number of nitrogens with one attached hydrogen (secondary N) is 1. The highest BCUT2D eigenvalue weighted by Crippen LogP contribution is 2.19. The predicted octanol–water partition coefficient (Wildman–Crippen LogP) is 2.84. The standard InChI is InChI=1S/C16H29N3O/c1-7-9-19-15(20)13(11-17-12(3)8-2)10-14(18-19)16(4,5)6/h10,12,17H,7-9,11H2,1-6H3. The van der Waals surface area contributed by atoms with E-state index in [4.69, 9.17) is 0 Å². The summed E-state index contributed by atoms with van der Waals surface area (Å²) < 4.78 is 1.62. The molecule has 0 aliphatic heterocycles. The molecule has 0 aliphatic rings. The topological polar surface area (TPSA) is 46.9 Å². The number of hydrogen-bond donors (Lipinski definition) is 1. The Labute approximate surface area is 122 Å². The fraction of sp³-hybridized carbons (Fsp3) is 0.750. The lowest BCUT2D eigenvalue weighted by Gasteiger charge is -2.20. The van der Waals surface area contributed by atoms with Crippen molar-refractivity contribution in [3.05, 3.63) is 27.7 Å². The predicted molar refractivity (Wildman–Crippen MR) is 84.1 cm³/mol. The minimum Gasteiger partial charge on any atom is -0.310 e. The molecule has 4 heteroatoms. The van der Waals surface area contributed by atoms with Gasteiger partial charge >= 0.3 is 0 Å². The molecule has 1 N–H and O–H groups in total. The number of nitrogens with zero attached hydrogens (tertiary/aromatic N) is 2. The lowest BCUT2D eigenvalue weighted by atomic mass is 9.91. The van der Waals surface area contributed by atoms with Gasteiger partial charge in [-0.05, 0) is 25.8 Å². The molecule has 114 valence electrons. The van der Waals surface area contributed by atoms with Crippen LogP contribution in [0.4, 0.5) is 0 Å². The van der Waals surface area contributed by atoms with Crippen LogP contribution in [0.5, 0.6) is 0 Å². The molecular weight excluding hydrogens is 250 g/mol. The van der Waals surface area contributed by atoms with Crippen molar-refractivity contribution in [3.63, 3.8) is 0 Å². The van der Waals surface area contributed by atoms with Crippen LogP contribution in [0.3, 0.4) is 0 Å². The van der Waals surface area contributed by atoms with Gasteiger partial charge in [0.25, 0.3) is 5.56 Å². The van der Waals surface area contributed by atoms with E-state index in [1.165, 1.54) is 0 Å². The van der Waals surface area contributed by atoms with Gasteiger partial charge in [-0.3, -0.25) is 4.79 Å². The number of hydrogen-bond acceptors (Lipinski definition) is 3. The average molecular weight is 279 g/mol. The van der Waals surface area contributed by atoms with Gasteiger partial charge in [0.1, 0.15) is 0 Å². The molecule has 20 heavy (non-hydrogen) atoms. The van der Waals surface area contributed by atoms with Crippen LogP contribution in [-0.4, -0.2) is 15.8 Å². The molecule has 1 rings (SSSR count). The van der Waals surface area contributed by atoms with Crippen LogP contribution in [0.1, 0.15) is 65.6 Å². The van der Waals surface area contributed by atoms with Crippen molar-refractivity contribution in [2.45, 2.75) is 78.9 Å². The van der Waals surface area contributed by atoms with Crippen molar-refractivity contribution in [2.75, 3.05) is 0 Å². The molecule has 0 amide bonds. The second-order valence-electron chi connectivity index (χ2n) is 6.52. The minimum absolute atomic E-state index is 0.0376. The molecular formula is C16H29N3O. The Balaban J connectivity index is 3.14. The zero-order valence-electron chi connectivity index (χ0n) is 13.8. The van der Waals surface area contributed by atoms with Crippen LogP contribution in [0.25, 0.3) is 0 Å². The first-order valence-corrected chi connectivity index (χ1v) is 7.64. The van der Waals surface area contributed by atoms with Crippen LogP contribution in [0, 0.1) is 0 Å². The molecule has 0 saturated carbocycles. The van der Waals surface area contributed by atoms with E-state index in [9.17, 15) is 4.79 Å². The largest absolute Gasteiger partial charge is 0.310 e. The summed E-state index contributed by atoms with van der Waals surface area (Å²) in [6.45, 7) is 14.0. The fourth-order valence-electron chi connectivity index (χ4n) is 1.88. The van der Waals surface area contributed by atoms with E-state index in [0.29, 0.717) is 19.1 Å². The van der Waals surface area contributed by atoms with E-state index < -0.39 is 0 Å². The Bertz CT molecular complexity index is 485. The SMILES string of the molecule is CCCn1nc(C(C)(C)C)cc(CNC(C)CC)c1=O. The third-order valence-corrected chi connectivity index (χ3v) is 3.51. The van der Waals surface area contributed by atoms with Crippen molar-refractivity contribution in [1.29, 1.82) is 0 Å². The third kappa shape index (κ3) is 4.44. The molecule has 1 aromatic rings. The lowest BCUT2D eigenvalue weighted by molar-refractivity contribution is 0.481. The van der Waals surface area contributed by atoms with Gasteiger partial charge in [0.2, 0.25) is 0 Å². The molecule has 0 aromatic carbocycles. The van der Waals surface area contributed by atoms with E-state index in [-0.39, 0.29) is 11.0 Å². The fourth-order valence-corrected chi connectivity index (χ4v) is 1.88. The molecule has 1 heterocycles. The molecule has 1 atom stereocenters. The van der Waals surface area contributed by atoms with E-state index in [0.717, 1.165) is 24.1 Å². The first kappa shape index (κ1) is 16.9. The van der Waals surface area contributed by atoms with Crippen LogP contribution >= 0.6 is 0 Å². The highest BCUT2D eigenvalue weighted by atomic mass is 16.1. The van der Waals surface area contributed by atoms with Gasteiger partial charge in [0, 0.05) is 30.1 Å². The first-order valence-electron chi connectivity index (χ1n) is 7.64. The second-order valence-corrected chi connectivity index (χ2v) is 6.52. The summed E-state index contributed by atoms with van der Waals surface area (Å²) in [7, 11) is 0. The molecule has 0 saturated heterocycles. The summed E-state index contributed by atoms with van der Waals surface area (Å²) in [6.07, 6.45) is 1.97. The summed E-state index contributed by atoms with van der Waals surface area (Å²) in [5.74, 6) is 0. The normalized spacial score (nSPS) is 13.5. The maximum absolute atomic E-state index is 12.4. The van der Waals surface area contributed by atoms with Gasteiger partial charge in [-0.1, -0.05) is 34.6 Å². The average Bonchev–Trinajstić information content (AvgIpc) is 2.38. The maximum Gasteiger partial charge on any atom is 0.271 e. The molecule has 4 nitrogen and oxygen atoms in total. The van der Waals surface area contributed by atoms with Crippen LogP contribution < -0.4 is 10.9 Å². The Morgan fingerprint density at radius 3 is 2.50 bits per heavy atom. The summed E-state index contributed by atoms with van der Waals surface area (Å²) in [5, 5.41) is 7.91. The molecule has 1 aromatic heterocycles. The molecule has 0 radical (unpaired) electrons. The minimum atomic E-state index is -0.0473. The van der Waals surface area contributed by atoms with Crippen molar-refractivity contribution in [2.24, 2.45) is 0 Å². The van der Waals surface area contributed by atoms with Gasteiger partial charge in [-0.15, -0.1) is 0 Å². The number of rotatable bonds is 6. The Hall–Kier alpha value is -1.16. The zero-order valence-corrected chi connectivity index (χ0v) is 13.8. The van der Waals surface area contributed by atoms with Gasteiger partial charge in [-0.2, -0.15) is 5.10 Å². The van der Waals surface area contributed by atoms with Crippen LogP contribution in [-0.2, 0) is 18.5 Å². The molecule has 0 spiro atoms. The summed E-state index contributed by atoms with van der Waals surface area (Å²) in [4.78, 5) is 12.4. The number of aryl methyl sites for hydroxylation is 1. The quantitative estimate of drug-likeness (QED) is 0.871. The first-order chi connectivity index (χ1) is 9.29. The van der Waals surface area contributed by atoms with Crippen molar-refractivity contribution < 1.29 is 0 Å². The van der Waals surface area contributed by atoms with Gasteiger partial charge in [-0.25, -0.2) is 4.68 Å². The van der Waals surface area contributed by atoms with Crippen molar-refractivity contribution in [3.8, 4) is 0 Å². The van der Waals surface area contributed by atoms with Crippen LogP contribution in [0.15, 0.2) is 10.9 Å². The van der Waals surface area contributed by atoms with E-state index in [2.05, 4.69) is 52.0 Å². The summed E-state index contributed by atoms with van der Waals surface area (Å²) in [5.41, 5.74) is 1.79. The highest BCUT2D eigenvalue weighted by Gasteiger charge is 2.19. The van der Waals surface area contributed by atoms with Crippen molar-refractivity contribution in [1.82, 2.24) is 15.1 Å². The zero-order chi connectivity index (χ0) is 15.3. The number of aromatic nitrogens is 2. The smallest absolute Gasteiger partial charge is 0.271 e. The second kappa shape index (κ2) is 7.02. The van der Waals surface area contributed by atoms with E-state index in [1.54, 1.807) is 4.68 Å². The molecule has 1 unspecified atom stereocenters. The Morgan fingerprint density at radius 1 is 1.35 bits per heavy atom. The van der Waals surface area contributed by atoms with Gasteiger partial charge < -0.3 is 5.32 Å². The molecule has 0 bridgehead atoms.